The highest BCUT2D eigenvalue weighted by atomic mass is 16.5. The highest BCUT2D eigenvalue weighted by Crippen LogP contribution is 2.64. The number of piperidine rings is 1. The van der Waals surface area contributed by atoms with Crippen molar-refractivity contribution in [3.05, 3.63) is 108 Å². The first-order chi connectivity index (χ1) is 18.2. The Balaban J connectivity index is 1.38. The number of nitrogens with zero attached hydrogens (tertiary/aromatic N) is 2. The van der Waals surface area contributed by atoms with Crippen LogP contribution in [0, 0.1) is 5.41 Å². The number of rotatable bonds is 6. The zero-order chi connectivity index (χ0) is 25.0. The molecule has 0 aromatic heterocycles. The Morgan fingerprint density at radius 3 is 2.43 bits per heavy atom. The number of carbonyl (C=O) groups is 1. The van der Waals surface area contributed by atoms with E-state index in [1.54, 1.807) is 0 Å². The fourth-order valence-electron chi connectivity index (χ4n) is 7.95. The standard InChI is InChI=1S/C33H34N2O2/c1-2-32-18-16-28-33(20-21-34(31(32)33)29(36)17-19-32)26-14-9-15-27(37-23-25-12-7-4-8-13-25)30(26)35(28)22-24-10-5-3-6-11-24/h3-16,18,28,31H,2,17,19-23H2,1H3/t28-,31-,32+,33-/m1/s1. The summed E-state index contributed by atoms with van der Waals surface area (Å²) in [6.45, 7) is 4.51. The minimum atomic E-state index is -0.114. The Kier molecular flexibility index (Phi) is 5.21. The third kappa shape index (κ3) is 3.24. The van der Waals surface area contributed by atoms with Crippen molar-refractivity contribution in [3.8, 4) is 5.75 Å². The van der Waals surface area contributed by atoms with Gasteiger partial charge in [-0.25, -0.2) is 0 Å². The van der Waals surface area contributed by atoms with Gasteiger partial charge in [0.15, 0.2) is 0 Å². The van der Waals surface area contributed by atoms with E-state index in [1.165, 1.54) is 16.8 Å². The summed E-state index contributed by atoms with van der Waals surface area (Å²) in [6.07, 6.45) is 8.65. The van der Waals surface area contributed by atoms with Gasteiger partial charge in [0.2, 0.25) is 5.91 Å². The van der Waals surface area contributed by atoms with Gasteiger partial charge in [-0.15, -0.1) is 0 Å². The molecule has 2 fully saturated rings. The molecule has 1 spiro atoms. The van der Waals surface area contributed by atoms with Gasteiger partial charge < -0.3 is 14.5 Å². The van der Waals surface area contributed by atoms with Gasteiger partial charge in [-0.2, -0.15) is 0 Å². The SMILES string of the molecule is CC[C@]12C=C[C@H]3N(Cc4ccccc4)c4c(OCc5ccccc5)cccc4[C@]34CCN(C(=O)CC1)[C@H]24. The molecule has 37 heavy (non-hydrogen) atoms. The fraction of sp³-hybridized carbons (Fsp3) is 0.364. The smallest absolute Gasteiger partial charge is 0.222 e. The monoisotopic (exact) mass is 490 g/mol. The molecule has 4 aliphatic rings. The molecule has 3 aliphatic heterocycles. The second-order valence-electron chi connectivity index (χ2n) is 11.2. The number of hydrogen-bond donors (Lipinski definition) is 0. The largest absolute Gasteiger partial charge is 0.487 e. The summed E-state index contributed by atoms with van der Waals surface area (Å²) in [5.74, 6) is 1.27. The molecule has 7 rings (SSSR count). The van der Waals surface area contributed by atoms with Crippen molar-refractivity contribution in [3.63, 3.8) is 0 Å². The van der Waals surface area contributed by atoms with Gasteiger partial charge in [-0.3, -0.25) is 4.79 Å². The fourth-order valence-corrected chi connectivity index (χ4v) is 7.95. The highest BCUT2D eigenvalue weighted by Gasteiger charge is 2.68. The zero-order valence-electron chi connectivity index (χ0n) is 21.5. The maximum absolute atomic E-state index is 13.2. The maximum Gasteiger partial charge on any atom is 0.222 e. The molecular weight excluding hydrogens is 456 g/mol. The van der Waals surface area contributed by atoms with Crippen molar-refractivity contribution in [1.29, 1.82) is 0 Å². The van der Waals surface area contributed by atoms with Crippen molar-refractivity contribution >= 4 is 11.6 Å². The number of fused-ring (bicyclic) bond motifs is 1. The number of carbonyl (C=O) groups excluding carboxylic acids is 1. The van der Waals surface area contributed by atoms with Gasteiger partial charge in [0, 0.05) is 30.3 Å². The number of benzene rings is 3. The summed E-state index contributed by atoms with van der Waals surface area (Å²) in [5.41, 5.74) is 4.96. The minimum Gasteiger partial charge on any atom is -0.487 e. The van der Waals surface area contributed by atoms with Crippen LogP contribution in [0.4, 0.5) is 5.69 Å². The van der Waals surface area contributed by atoms with Gasteiger partial charge in [-0.05, 0) is 42.0 Å². The van der Waals surface area contributed by atoms with E-state index in [0.29, 0.717) is 18.9 Å². The van der Waals surface area contributed by atoms with Crippen LogP contribution in [0.2, 0.25) is 0 Å². The topological polar surface area (TPSA) is 32.8 Å². The minimum absolute atomic E-state index is 0.0435. The summed E-state index contributed by atoms with van der Waals surface area (Å²) in [7, 11) is 0. The first-order valence-corrected chi connectivity index (χ1v) is 13.8. The van der Waals surface area contributed by atoms with Crippen molar-refractivity contribution in [2.24, 2.45) is 5.41 Å². The van der Waals surface area contributed by atoms with E-state index in [1.807, 2.05) is 6.07 Å². The van der Waals surface area contributed by atoms with Crippen LogP contribution >= 0.6 is 0 Å². The molecule has 4 nitrogen and oxygen atoms in total. The molecule has 0 radical (unpaired) electrons. The van der Waals surface area contributed by atoms with E-state index < -0.39 is 0 Å². The summed E-state index contributed by atoms with van der Waals surface area (Å²) < 4.78 is 6.57. The lowest BCUT2D eigenvalue weighted by Gasteiger charge is -2.55. The predicted octanol–water partition coefficient (Wildman–Crippen LogP) is 6.25. The average molecular weight is 491 g/mol. The number of anilines is 1. The van der Waals surface area contributed by atoms with Gasteiger partial charge in [0.05, 0.1) is 17.8 Å². The number of amides is 1. The third-order valence-corrected chi connectivity index (χ3v) is 9.59. The van der Waals surface area contributed by atoms with Gasteiger partial charge >= 0.3 is 0 Å². The Morgan fingerprint density at radius 1 is 0.919 bits per heavy atom. The first-order valence-electron chi connectivity index (χ1n) is 13.8. The van der Waals surface area contributed by atoms with Crippen LogP contribution in [0.3, 0.4) is 0 Å². The molecule has 0 unspecified atom stereocenters. The third-order valence-electron chi connectivity index (χ3n) is 9.59. The van der Waals surface area contributed by atoms with Crippen LogP contribution in [-0.4, -0.2) is 29.4 Å². The van der Waals surface area contributed by atoms with Crippen LogP contribution in [0.1, 0.15) is 49.3 Å². The molecule has 4 atom stereocenters. The Labute approximate surface area is 219 Å². The Morgan fingerprint density at radius 2 is 1.68 bits per heavy atom. The second kappa shape index (κ2) is 8.51. The Hall–Kier alpha value is -3.53. The zero-order valence-corrected chi connectivity index (χ0v) is 21.5. The van der Waals surface area contributed by atoms with E-state index in [0.717, 1.165) is 43.7 Å². The molecule has 3 heterocycles. The number of ether oxygens (including phenoxy) is 1. The summed E-state index contributed by atoms with van der Waals surface area (Å²) in [6, 6.07) is 28.2. The molecule has 0 N–H and O–H groups in total. The van der Waals surface area contributed by atoms with Crippen LogP contribution < -0.4 is 9.64 Å². The van der Waals surface area contributed by atoms with E-state index in [-0.39, 0.29) is 22.9 Å². The summed E-state index contributed by atoms with van der Waals surface area (Å²) >= 11 is 0. The lowest BCUT2D eigenvalue weighted by molar-refractivity contribution is -0.140. The molecule has 3 aromatic carbocycles. The molecule has 0 bridgehead atoms. The van der Waals surface area contributed by atoms with Crippen molar-refractivity contribution in [2.45, 2.75) is 63.3 Å². The number of para-hydroxylation sites is 1. The molecular formula is C33H34N2O2. The molecule has 1 amide bonds. The van der Waals surface area contributed by atoms with Crippen LogP contribution in [-0.2, 0) is 23.4 Å². The van der Waals surface area contributed by atoms with Gasteiger partial charge in [-0.1, -0.05) is 91.9 Å². The van der Waals surface area contributed by atoms with Crippen molar-refractivity contribution in [1.82, 2.24) is 4.90 Å². The van der Waals surface area contributed by atoms with E-state index in [9.17, 15) is 4.79 Å². The van der Waals surface area contributed by atoms with Crippen LogP contribution in [0.15, 0.2) is 91.0 Å². The number of hydrogen-bond acceptors (Lipinski definition) is 3. The van der Waals surface area contributed by atoms with E-state index in [4.69, 9.17) is 4.74 Å². The first kappa shape index (κ1) is 22.7. The van der Waals surface area contributed by atoms with Gasteiger partial charge in [0.1, 0.15) is 12.4 Å². The molecule has 188 valence electrons. The molecule has 1 aliphatic carbocycles. The maximum atomic E-state index is 13.2. The van der Waals surface area contributed by atoms with E-state index >= 15 is 0 Å². The van der Waals surface area contributed by atoms with Gasteiger partial charge in [0.25, 0.3) is 0 Å². The van der Waals surface area contributed by atoms with Crippen molar-refractivity contribution < 1.29 is 9.53 Å². The average Bonchev–Trinajstić information content (AvgIpc) is 3.49. The second-order valence-corrected chi connectivity index (χ2v) is 11.2. The quantitative estimate of drug-likeness (QED) is 0.383. The van der Waals surface area contributed by atoms with Crippen LogP contribution in [0.25, 0.3) is 0 Å². The summed E-state index contributed by atoms with van der Waals surface area (Å²) in [4.78, 5) is 18.0. The van der Waals surface area contributed by atoms with E-state index in [2.05, 4.69) is 102 Å². The summed E-state index contributed by atoms with van der Waals surface area (Å²) in [5, 5.41) is 0. The molecule has 2 saturated heterocycles. The Bertz CT molecular complexity index is 1350. The predicted molar refractivity (Wildman–Crippen MR) is 147 cm³/mol. The van der Waals surface area contributed by atoms with Crippen molar-refractivity contribution in [2.75, 3.05) is 11.4 Å². The van der Waals surface area contributed by atoms with Crippen LogP contribution in [0.5, 0.6) is 5.75 Å². The normalized spacial score (nSPS) is 29.2. The molecule has 0 saturated carbocycles. The lowest BCUT2D eigenvalue weighted by Crippen LogP contribution is -2.63. The highest BCUT2D eigenvalue weighted by molar-refractivity contribution is 5.82. The molecule has 3 aromatic rings. The lowest BCUT2D eigenvalue weighted by atomic mass is 9.55. The molecule has 4 heteroatoms.